The van der Waals surface area contributed by atoms with Gasteiger partial charge in [0.2, 0.25) is 0 Å². The topological polar surface area (TPSA) is 58.6 Å². The van der Waals surface area contributed by atoms with Gasteiger partial charge in [0, 0.05) is 10.6 Å². The number of carboxylic acid groups (broad SMARTS) is 1. The number of ether oxygens (including phenoxy) is 1. The van der Waals surface area contributed by atoms with Crippen LogP contribution < -0.4 is 10.1 Å². The molecule has 21 heavy (non-hydrogen) atoms. The second-order valence-corrected chi connectivity index (χ2v) is 4.72. The van der Waals surface area contributed by atoms with E-state index in [1.807, 2.05) is 0 Å². The molecule has 1 atom stereocenters. The van der Waals surface area contributed by atoms with Gasteiger partial charge in [0.1, 0.15) is 11.6 Å². The van der Waals surface area contributed by atoms with E-state index >= 15 is 0 Å². The first kappa shape index (κ1) is 15.1. The lowest BCUT2D eigenvalue weighted by Crippen LogP contribution is -2.22. The van der Waals surface area contributed by atoms with Crippen molar-refractivity contribution in [2.24, 2.45) is 0 Å². The molecule has 0 aromatic heterocycles. The molecule has 0 bridgehead atoms. The largest absolute Gasteiger partial charge is 0.495 e. The minimum absolute atomic E-state index is 0.0408. The molecule has 6 heteroatoms. The molecule has 0 aliphatic heterocycles. The molecule has 0 heterocycles. The summed E-state index contributed by atoms with van der Waals surface area (Å²) in [6.07, 6.45) is 0. The SMILES string of the molecule is COc1ccccc1NC(C(=O)O)c1cc(Cl)ccc1F. The highest BCUT2D eigenvalue weighted by atomic mass is 35.5. The van der Waals surface area contributed by atoms with Gasteiger partial charge in [0.25, 0.3) is 0 Å². The molecule has 0 saturated heterocycles. The summed E-state index contributed by atoms with van der Waals surface area (Å²) in [5.74, 6) is -1.40. The van der Waals surface area contributed by atoms with Crippen molar-refractivity contribution in [2.75, 3.05) is 12.4 Å². The first-order chi connectivity index (χ1) is 10.0. The van der Waals surface area contributed by atoms with Gasteiger partial charge in [-0.05, 0) is 30.3 Å². The second kappa shape index (κ2) is 6.45. The van der Waals surface area contributed by atoms with E-state index in [2.05, 4.69) is 5.32 Å². The summed E-state index contributed by atoms with van der Waals surface area (Å²) in [6, 6.07) is 9.31. The number of hydrogen-bond acceptors (Lipinski definition) is 3. The van der Waals surface area contributed by atoms with E-state index in [1.165, 1.54) is 19.2 Å². The Morgan fingerprint density at radius 3 is 2.71 bits per heavy atom. The van der Waals surface area contributed by atoms with Crippen LogP contribution in [-0.2, 0) is 4.79 Å². The fraction of sp³-hybridized carbons (Fsp3) is 0.133. The van der Waals surface area contributed by atoms with Crippen LogP contribution in [-0.4, -0.2) is 18.2 Å². The van der Waals surface area contributed by atoms with Gasteiger partial charge in [-0.15, -0.1) is 0 Å². The third kappa shape index (κ3) is 3.44. The van der Waals surface area contributed by atoms with Crippen molar-refractivity contribution in [3.8, 4) is 5.75 Å². The predicted octanol–water partition coefficient (Wildman–Crippen LogP) is 3.73. The fourth-order valence-electron chi connectivity index (χ4n) is 1.93. The van der Waals surface area contributed by atoms with Crippen molar-refractivity contribution in [2.45, 2.75) is 6.04 Å². The molecule has 0 saturated carbocycles. The molecular formula is C15H13ClFNO3. The molecule has 110 valence electrons. The normalized spacial score (nSPS) is 11.8. The van der Waals surface area contributed by atoms with Crippen molar-refractivity contribution < 1.29 is 19.0 Å². The number of halogens is 2. The maximum Gasteiger partial charge on any atom is 0.330 e. The minimum Gasteiger partial charge on any atom is -0.495 e. The Hall–Kier alpha value is -2.27. The molecule has 0 radical (unpaired) electrons. The van der Waals surface area contributed by atoms with Crippen LogP contribution in [0.25, 0.3) is 0 Å². The van der Waals surface area contributed by atoms with E-state index in [0.29, 0.717) is 11.4 Å². The number of benzene rings is 2. The first-order valence-corrected chi connectivity index (χ1v) is 6.48. The Balaban J connectivity index is 2.40. The van der Waals surface area contributed by atoms with Crippen LogP contribution in [0.1, 0.15) is 11.6 Å². The van der Waals surface area contributed by atoms with Gasteiger partial charge in [-0.3, -0.25) is 0 Å². The van der Waals surface area contributed by atoms with Crippen LogP contribution in [0.5, 0.6) is 5.75 Å². The summed E-state index contributed by atoms with van der Waals surface area (Å²) in [4.78, 5) is 11.5. The van der Waals surface area contributed by atoms with Crippen LogP contribution in [0.2, 0.25) is 5.02 Å². The van der Waals surface area contributed by atoms with Crippen LogP contribution in [0, 0.1) is 5.82 Å². The van der Waals surface area contributed by atoms with Crippen molar-refractivity contribution in [3.05, 3.63) is 58.9 Å². The number of nitrogens with one attached hydrogen (secondary N) is 1. The number of carbonyl (C=O) groups is 1. The zero-order chi connectivity index (χ0) is 15.4. The fourth-order valence-corrected chi connectivity index (χ4v) is 2.11. The highest BCUT2D eigenvalue weighted by Crippen LogP contribution is 2.30. The van der Waals surface area contributed by atoms with Gasteiger partial charge < -0.3 is 15.2 Å². The Morgan fingerprint density at radius 1 is 1.33 bits per heavy atom. The number of rotatable bonds is 5. The number of aliphatic carboxylic acids is 1. The van der Waals surface area contributed by atoms with E-state index in [-0.39, 0.29) is 10.6 Å². The maximum absolute atomic E-state index is 13.9. The van der Waals surface area contributed by atoms with E-state index in [4.69, 9.17) is 16.3 Å². The zero-order valence-corrected chi connectivity index (χ0v) is 11.9. The molecule has 2 N–H and O–H groups in total. The van der Waals surface area contributed by atoms with Gasteiger partial charge in [-0.1, -0.05) is 23.7 Å². The number of para-hydroxylation sites is 2. The van der Waals surface area contributed by atoms with E-state index in [9.17, 15) is 14.3 Å². The van der Waals surface area contributed by atoms with Gasteiger partial charge >= 0.3 is 5.97 Å². The summed E-state index contributed by atoms with van der Waals surface area (Å²) in [5.41, 5.74) is 0.410. The number of carboxylic acids is 1. The maximum atomic E-state index is 13.9. The highest BCUT2D eigenvalue weighted by molar-refractivity contribution is 6.30. The zero-order valence-electron chi connectivity index (χ0n) is 11.1. The molecule has 1 unspecified atom stereocenters. The first-order valence-electron chi connectivity index (χ1n) is 6.10. The third-order valence-electron chi connectivity index (χ3n) is 2.92. The molecule has 0 amide bonds. The van der Waals surface area contributed by atoms with E-state index in [1.54, 1.807) is 24.3 Å². The summed E-state index contributed by atoms with van der Waals surface area (Å²) in [6.45, 7) is 0. The average molecular weight is 310 g/mol. The van der Waals surface area contributed by atoms with Crippen molar-refractivity contribution >= 4 is 23.3 Å². The quantitative estimate of drug-likeness (QED) is 0.883. The average Bonchev–Trinajstić information content (AvgIpc) is 2.47. The highest BCUT2D eigenvalue weighted by Gasteiger charge is 2.24. The Bertz CT molecular complexity index is 663. The summed E-state index contributed by atoms with van der Waals surface area (Å²) < 4.78 is 19.0. The number of methoxy groups -OCH3 is 1. The smallest absolute Gasteiger partial charge is 0.330 e. The standard InChI is InChI=1S/C15H13ClFNO3/c1-21-13-5-3-2-4-12(13)18-14(15(19)20)10-8-9(16)6-7-11(10)17/h2-8,14,18H,1H3,(H,19,20). The van der Waals surface area contributed by atoms with Crippen LogP contribution in [0.3, 0.4) is 0 Å². The third-order valence-corrected chi connectivity index (χ3v) is 3.16. The summed E-state index contributed by atoms with van der Waals surface area (Å²) in [5, 5.41) is 12.4. The Kier molecular flexibility index (Phi) is 4.65. The minimum atomic E-state index is -1.28. The molecule has 0 aliphatic rings. The molecule has 2 aromatic carbocycles. The Morgan fingerprint density at radius 2 is 2.05 bits per heavy atom. The van der Waals surface area contributed by atoms with Crippen molar-refractivity contribution in [3.63, 3.8) is 0 Å². The van der Waals surface area contributed by atoms with Gasteiger partial charge in [0.15, 0.2) is 6.04 Å². The molecule has 0 fully saturated rings. The monoisotopic (exact) mass is 309 g/mol. The van der Waals surface area contributed by atoms with Gasteiger partial charge in [-0.2, -0.15) is 0 Å². The van der Waals surface area contributed by atoms with Crippen LogP contribution in [0.15, 0.2) is 42.5 Å². The molecule has 0 spiro atoms. The molecule has 2 rings (SSSR count). The summed E-state index contributed by atoms with van der Waals surface area (Å²) >= 11 is 5.82. The van der Waals surface area contributed by atoms with Gasteiger partial charge in [-0.25, -0.2) is 9.18 Å². The van der Waals surface area contributed by atoms with Gasteiger partial charge in [0.05, 0.1) is 12.8 Å². The molecule has 0 aliphatic carbocycles. The van der Waals surface area contributed by atoms with Crippen molar-refractivity contribution in [1.82, 2.24) is 0 Å². The predicted molar refractivity (Wildman–Crippen MR) is 78.4 cm³/mol. The number of anilines is 1. The lowest BCUT2D eigenvalue weighted by atomic mass is 10.1. The van der Waals surface area contributed by atoms with Crippen LogP contribution in [0.4, 0.5) is 10.1 Å². The van der Waals surface area contributed by atoms with Crippen LogP contribution >= 0.6 is 11.6 Å². The lowest BCUT2D eigenvalue weighted by Gasteiger charge is -2.18. The molecule has 4 nitrogen and oxygen atoms in total. The summed E-state index contributed by atoms with van der Waals surface area (Å²) in [7, 11) is 1.47. The Labute approximate surface area is 126 Å². The number of hydrogen-bond donors (Lipinski definition) is 2. The second-order valence-electron chi connectivity index (χ2n) is 4.28. The van der Waals surface area contributed by atoms with E-state index < -0.39 is 17.8 Å². The lowest BCUT2D eigenvalue weighted by molar-refractivity contribution is -0.138. The molecular weight excluding hydrogens is 297 g/mol. The molecule has 2 aromatic rings. The van der Waals surface area contributed by atoms with E-state index in [0.717, 1.165) is 6.07 Å². The van der Waals surface area contributed by atoms with Crippen molar-refractivity contribution in [1.29, 1.82) is 0 Å².